The van der Waals surface area contributed by atoms with Gasteiger partial charge in [-0.05, 0) is 178 Å². The van der Waals surface area contributed by atoms with Gasteiger partial charge in [0, 0.05) is 69.6 Å². The number of likely N-dealkylation sites (tertiary alicyclic amines) is 2. The number of carbonyl (C=O) groups is 2. The van der Waals surface area contributed by atoms with Gasteiger partial charge in [-0.3, -0.25) is 24.4 Å². The van der Waals surface area contributed by atoms with E-state index in [0.29, 0.717) is 51.6 Å². The predicted octanol–water partition coefficient (Wildman–Crippen LogP) is 11.4. The van der Waals surface area contributed by atoms with Crippen molar-refractivity contribution < 1.29 is 43.1 Å². The molecule has 0 spiro atoms. The molecule has 76 heavy (non-hydrogen) atoms. The van der Waals surface area contributed by atoms with Crippen molar-refractivity contribution in [3.05, 3.63) is 123 Å². The summed E-state index contributed by atoms with van der Waals surface area (Å²) < 4.78 is 38.9. The lowest BCUT2D eigenvalue weighted by molar-refractivity contribution is -0.144. The number of fused-ring (bicyclic) bond motifs is 2. The molecule has 0 saturated carbocycles. The molecular weight excluding hydrogens is 962 g/mol. The van der Waals surface area contributed by atoms with Crippen LogP contribution in [0.15, 0.2) is 66.7 Å². The van der Waals surface area contributed by atoms with Gasteiger partial charge in [0.05, 0.1) is 31.0 Å². The Labute approximate surface area is 450 Å². The first kappa shape index (κ1) is 55.9. The first-order chi connectivity index (χ1) is 36.7. The van der Waals surface area contributed by atoms with E-state index in [-0.39, 0.29) is 35.2 Å². The molecule has 2 aromatic heterocycles. The summed E-state index contributed by atoms with van der Waals surface area (Å²) in [7, 11) is 0. The fourth-order valence-electron chi connectivity index (χ4n) is 12.4. The highest BCUT2D eigenvalue weighted by Gasteiger charge is 2.41. The summed E-state index contributed by atoms with van der Waals surface area (Å²) in [6.07, 6.45) is 17.1. The Morgan fingerprint density at radius 2 is 1.32 bits per heavy atom. The van der Waals surface area contributed by atoms with Crippen LogP contribution < -0.4 is 5.32 Å². The summed E-state index contributed by atoms with van der Waals surface area (Å²) >= 11 is 0. The largest absolute Gasteiger partial charge is 0.480 e. The van der Waals surface area contributed by atoms with E-state index in [1.54, 1.807) is 6.07 Å². The predicted molar refractivity (Wildman–Crippen MR) is 292 cm³/mol. The number of nitrogens with one attached hydrogen (secondary N) is 1. The van der Waals surface area contributed by atoms with Crippen molar-refractivity contribution in [2.75, 3.05) is 64.5 Å². The number of benzene rings is 2. The lowest BCUT2D eigenvalue weighted by Gasteiger charge is -2.37. The van der Waals surface area contributed by atoms with Gasteiger partial charge in [0.2, 0.25) is 0 Å². The number of nitrogens with zero attached hydrogens (tertiary/aromatic N) is 4. The van der Waals surface area contributed by atoms with E-state index in [9.17, 15) is 24.2 Å². The SMILES string of the molecule is CC1(C)CCO[C@H](c2ccccc2[C@@H](C(=O)O)N2CC[C@@H](OCCCCc3ccc4c(n3)NCCC4)C2)C1.CC1(C)CO[C@@H](c2ccc(F)cc2[C@@H](C(=O)O)N2CC[C@@H](OCCCCc3ccc4c(n3)CCCC4)C2)C1. The number of aliphatic carboxylic acids is 2. The van der Waals surface area contributed by atoms with E-state index in [1.807, 2.05) is 23.1 Å². The smallest absolute Gasteiger partial charge is 0.325 e. The van der Waals surface area contributed by atoms with Crippen LogP contribution in [-0.4, -0.2) is 113 Å². The van der Waals surface area contributed by atoms with E-state index in [0.717, 1.165) is 131 Å². The summed E-state index contributed by atoms with van der Waals surface area (Å²) in [4.78, 5) is 38.7. The molecule has 4 saturated heterocycles. The zero-order chi connectivity index (χ0) is 53.2. The lowest BCUT2D eigenvalue weighted by Crippen LogP contribution is -2.35. The topological polar surface area (TPSA) is 156 Å². The number of unbranched alkanes of at least 4 members (excludes halogenated alkanes) is 2. The molecule has 412 valence electrons. The summed E-state index contributed by atoms with van der Waals surface area (Å²) in [5.41, 5.74) is 9.69. The van der Waals surface area contributed by atoms with Crippen LogP contribution in [-0.2, 0) is 60.6 Å². The fourth-order valence-corrected chi connectivity index (χ4v) is 12.4. The quantitative estimate of drug-likeness (QED) is 0.0720. The number of anilines is 1. The van der Waals surface area contributed by atoms with E-state index < -0.39 is 29.8 Å². The molecule has 2 aromatic carbocycles. The molecule has 7 heterocycles. The lowest BCUT2D eigenvalue weighted by atomic mass is 9.79. The van der Waals surface area contributed by atoms with Gasteiger partial charge in [0.15, 0.2) is 0 Å². The maximum Gasteiger partial charge on any atom is 0.325 e. The van der Waals surface area contributed by atoms with Crippen molar-refractivity contribution in [3.63, 3.8) is 0 Å². The summed E-state index contributed by atoms with van der Waals surface area (Å²) in [6, 6.07) is 19.6. The third kappa shape index (κ3) is 14.6. The highest BCUT2D eigenvalue weighted by Crippen LogP contribution is 2.45. The van der Waals surface area contributed by atoms with E-state index >= 15 is 0 Å². The second kappa shape index (κ2) is 25.8. The maximum absolute atomic E-state index is 14.3. The van der Waals surface area contributed by atoms with Crippen LogP contribution in [0, 0.1) is 16.6 Å². The van der Waals surface area contributed by atoms with Crippen LogP contribution in [0.25, 0.3) is 0 Å². The third-order valence-electron chi connectivity index (χ3n) is 16.7. The number of ether oxygens (including phenoxy) is 4. The van der Waals surface area contributed by atoms with E-state index in [4.69, 9.17) is 28.9 Å². The molecule has 0 radical (unpaired) electrons. The van der Waals surface area contributed by atoms with Crippen molar-refractivity contribution in [1.29, 1.82) is 0 Å². The second-order valence-corrected chi connectivity index (χ2v) is 24.0. The molecule has 13 nitrogen and oxygen atoms in total. The van der Waals surface area contributed by atoms with Crippen LogP contribution >= 0.6 is 0 Å². The number of aromatic nitrogens is 2. The molecule has 0 bridgehead atoms. The summed E-state index contributed by atoms with van der Waals surface area (Å²) in [6.45, 7) is 15.0. The number of hydrogen-bond donors (Lipinski definition) is 3. The third-order valence-corrected chi connectivity index (χ3v) is 16.7. The second-order valence-electron chi connectivity index (χ2n) is 24.0. The van der Waals surface area contributed by atoms with Crippen LogP contribution in [0.2, 0.25) is 0 Å². The van der Waals surface area contributed by atoms with Crippen molar-refractivity contribution in [3.8, 4) is 0 Å². The molecule has 14 heteroatoms. The van der Waals surface area contributed by atoms with Gasteiger partial charge in [0.25, 0.3) is 0 Å². The number of pyridine rings is 2. The Balaban J connectivity index is 0.000000186. The Kier molecular flexibility index (Phi) is 18.9. The number of rotatable bonds is 20. The number of carboxylic acids is 2. The van der Waals surface area contributed by atoms with E-state index in [1.165, 1.54) is 53.9 Å². The van der Waals surface area contributed by atoms with Gasteiger partial charge >= 0.3 is 11.9 Å². The normalized spacial score (nSPS) is 23.9. The highest BCUT2D eigenvalue weighted by atomic mass is 19.1. The van der Waals surface area contributed by atoms with Gasteiger partial charge in [-0.15, -0.1) is 0 Å². The molecule has 6 atom stereocenters. The molecule has 0 amide bonds. The molecular formula is C62H84FN5O8. The number of aryl methyl sites for hydroxylation is 5. The van der Waals surface area contributed by atoms with Gasteiger partial charge in [-0.1, -0.05) is 70.2 Å². The fraction of sp³-hybridized carbons (Fsp3) is 0.613. The standard InChI is InChI=1S/C31H41FN2O4.C31H43N3O4/c1-31(2)18-28(38-20-31)25-13-11-22(32)17-26(25)29(30(35)36)34-15-14-24(19-34)37-16-6-5-8-23-12-10-21-7-3-4-9-27(21)33-23;1-31(2)15-19-38-27(20-31)25-10-3-4-11-26(25)28(30(35)36)34-17-14-24(21-34)37-18-6-5-9-23-13-12-22-8-7-16-32-29(22)33-23/h10-13,17,24,28-29H,3-9,14-16,18-20H2,1-2H3,(H,35,36);3-4,10-13,24,27-28H,5-9,14-21H2,1-2H3,(H,32,33)(H,35,36)/t24-,28-,29+;24-,27+,28+/m11/s1. The van der Waals surface area contributed by atoms with Crippen LogP contribution in [0.3, 0.4) is 0 Å². The monoisotopic (exact) mass is 1050 g/mol. The highest BCUT2D eigenvalue weighted by molar-refractivity contribution is 5.77. The molecule has 6 aliphatic rings. The van der Waals surface area contributed by atoms with Gasteiger partial charge in [0.1, 0.15) is 23.7 Å². The molecule has 4 fully saturated rings. The molecule has 1 aliphatic carbocycles. The maximum atomic E-state index is 14.3. The molecule has 3 N–H and O–H groups in total. The van der Waals surface area contributed by atoms with Crippen LogP contribution in [0.5, 0.6) is 0 Å². The molecule has 4 aromatic rings. The minimum atomic E-state index is -0.965. The summed E-state index contributed by atoms with van der Waals surface area (Å²) in [5.74, 6) is -1.13. The van der Waals surface area contributed by atoms with Gasteiger partial charge < -0.3 is 34.5 Å². The Hall–Kier alpha value is -4.83. The molecule has 5 aliphatic heterocycles. The first-order valence-electron chi connectivity index (χ1n) is 28.7. The number of carboxylic acid groups (broad SMARTS) is 2. The average molecular weight is 1050 g/mol. The minimum Gasteiger partial charge on any atom is -0.480 e. The Bertz CT molecular complexity index is 2590. The van der Waals surface area contributed by atoms with Crippen molar-refractivity contribution in [1.82, 2.24) is 19.8 Å². The zero-order valence-electron chi connectivity index (χ0n) is 45.7. The van der Waals surface area contributed by atoms with Crippen molar-refractivity contribution in [2.45, 2.75) is 173 Å². The average Bonchev–Trinajstić information content (AvgIpc) is 4.16. The Morgan fingerprint density at radius 3 is 1.99 bits per heavy atom. The number of hydrogen-bond acceptors (Lipinski definition) is 11. The summed E-state index contributed by atoms with van der Waals surface area (Å²) in [5, 5.41) is 23.9. The number of halogens is 1. The molecule has 0 unspecified atom stereocenters. The Morgan fingerprint density at radius 1 is 0.711 bits per heavy atom. The molecule has 10 rings (SSSR count). The van der Waals surface area contributed by atoms with Crippen LogP contribution in [0.4, 0.5) is 10.2 Å². The van der Waals surface area contributed by atoms with Crippen LogP contribution in [0.1, 0.15) is 179 Å². The van der Waals surface area contributed by atoms with Gasteiger partial charge in [-0.25, -0.2) is 9.37 Å². The van der Waals surface area contributed by atoms with Gasteiger partial charge in [-0.2, -0.15) is 0 Å². The van der Waals surface area contributed by atoms with Crippen molar-refractivity contribution >= 4 is 17.8 Å². The minimum absolute atomic E-state index is 0.0115. The zero-order valence-corrected chi connectivity index (χ0v) is 45.7. The van der Waals surface area contributed by atoms with Crippen molar-refractivity contribution in [2.24, 2.45) is 10.8 Å². The first-order valence-corrected chi connectivity index (χ1v) is 28.7. The van der Waals surface area contributed by atoms with E-state index in [2.05, 4.69) is 68.2 Å².